The lowest BCUT2D eigenvalue weighted by atomic mass is 10.2. The highest BCUT2D eigenvalue weighted by Gasteiger charge is 2.12. The summed E-state index contributed by atoms with van der Waals surface area (Å²) in [5.41, 5.74) is 0.856. The molecule has 0 atom stereocenters. The fourth-order valence-corrected chi connectivity index (χ4v) is 2.37. The number of hydrogen-bond acceptors (Lipinski definition) is 3. The highest BCUT2D eigenvalue weighted by Crippen LogP contribution is 2.20. The Bertz CT molecular complexity index is 431. The van der Waals surface area contributed by atoms with Crippen molar-refractivity contribution in [2.24, 2.45) is 0 Å². The number of aromatic carboxylic acids is 1. The summed E-state index contributed by atoms with van der Waals surface area (Å²) in [5.74, 6) is -0.957. The van der Waals surface area contributed by atoms with Crippen LogP contribution < -0.4 is 5.32 Å². The third kappa shape index (κ3) is 3.37. The number of benzene rings is 1. The van der Waals surface area contributed by atoms with Crippen molar-refractivity contribution >= 4 is 23.3 Å². The standard InChI is InChI=1S/C13H17ClN2O2/c14-10-3-4-12(11(9-10)13(17)18)15-5-8-16-6-1-2-7-16/h3-4,9,15H,1-2,5-8H2,(H,17,18). The van der Waals surface area contributed by atoms with Crippen LogP contribution in [0.25, 0.3) is 0 Å². The van der Waals surface area contributed by atoms with Crippen molar-refractivity contribution in [3.63, 3.8) is 0 Å². The highest BCUT2D eigenvalue weighted by molar-refractivity contribution is 6.31. The number of anilines is 1. The van der Waals surface area contributed by atoms with E-state index in [1.54, 1.807) is 12.1 Å². The molecule has 5 heteroatoms. The van der Waals surface area contributed by atoms with Crippen LogP contribution in [-0.2, 0) is 0 Å². The fraction of sp³-hybridized carbons (Fsp3) is 0.462. The van der Waals surface area contributed by atoms with E-state index in [-0.39, 0.29) is 5.56 Å². The molecule has 0 unspecified atom stereocenters. The predicted molar refractivity (Wildman–Crippen MR) is 72.6 cm³/mol. The van der Waals surface area contributed by atoms with E-state index in [9.17, 15) is 4.79 Å². The van der Waals surface area contributed by atoms with E-state index in [2.05, 4.69) is 10.2 Å². The van der Waals surface area contributed by atoms with Gasteiger partial charge < -0.3 is 15.3 Å². The summed E-state index contributed by atoms with van der Waals surface area (Å²) in [6.45, 7) is 3.99. The third-order valence-electron chi connectivity index (χ3n) is 3.15. The van der Waals surface area contributed by atoms with Crippen LogP contribution in [0.15, 0.2) is 18.2 Å². The molecule has 0 amide bonds. The first-order valence-electron chi connectivity index (χ1n) is 6.16. The van der Waals surface area contributed by atoms with Crippen molar-refractivity contribution in [3.05, 3.63) is 28.8 Å². The van der Waals surface area contributed by atoms with E-state index in [1.165, 1.54) is 18.9 Å². The molecule has 1 aliphatic heterocycles. The summed E-state index contributed by atoms with van der Waals surface area (Å²) in [7, 11) is 0. The monoisotopic (exact) mass is 268 g/mol. The Morgan fingerprint density at radius 2 is 2.11 bits per heavy atom. The molecule has 1 aromatic carbocycles. The molecule has 1 fully saturated rings. The van der Waals surface area contributed by atoms with Crippen molar-refractivity contribution in [2.45, 2.75) is 12.8 Å². The van der Waals surface area contributed by atoms with Gasteiger partial charge >= 0.3 is 5.97 Å². The van der Waals surface area contributed by atoms with E-state index >= 15 is 0 Å². The van der Waals surface area contributed by atoms with Gasteiger partial charge in [-0.1, -0.05) is 11.6 Å². The van der Waals surface area contributed by atoms with Crippen LogP contribution in [-0.4, -0.2) is 42.2 Å². The SMILES string of the molecule is O=C(O)c1cc(Cl)ccc1NCCN1CCCC1. The number of nitrogens with one attached hydrogen (secondary N) is 1. The minimum Gasteiger partial charge on any atom is -0.478 e. The Hall–Kier alpha value is -1.26. The average Bonchev–Trinajstić information content (AvgIpc) is 2.84. The number of rotatable bonds is 5. The van der Waals surface area contributed by atoms with Crippen LogP contribution in [0.2, 0.25) is 5.02 Å². The molecule has 4 nitrogen and oxygen atoms in total. The number of carbonyl (C=O) groups is 1. The first kappa shape index (κ1) is 13.2. The van der Waals surface area contributed by atoms with Gasteiger partial charge in [-0.15, -0.1) is 0 Å². The van der Waals surface area contributed by atoms with Gasteiger partial charge in [-0.2, -0.15) is 0 Å². The molecule has 1 heterocycles. The molecule has 0 bridgehead atoms. The number of carboxylic acids is 1. The van der Waals surface area contributed by atoms with E-state index in [0.717, 1.165) is 26.2 Å². The van der Waals surface area contributed by atoms with Gasteiger partial charge in [-0.3, -0.25) is 0 Å². The zero-order valence-corrected chi connectivity index (χ0v) is 10.9. The second-order valence-electron chi connectivity index (χ2n) is 4.47. The lowest BCUT2D eigenvalue weighted by molar-refractivity contribution is 0.0698. The minimum atomic E-state index is -0.957. The second-order valence-corrected chi connectivity index (χ2v) is 4.91. The van der Waals surface area contributed by atoms with Crippen LogP contribution >= 0.6 is 11.6 Å². The molecule has 2 N–H and O–H groups in total. The Kier molecular flexibility index (Phi) is 4.44. The molecule has 0 aliphatic carbocycles. The molecular formula is C13H17ClN2O2. The van der Waals surface area contributed by atoms with Gasteiger partial charge in [0.25, 0.3) is 0 Å². The maximum atomic E-state index is 11.1. The minimum absolute atomic E-state index is 0.226. The highest BCUT2D eigenvalue weighted by atomic mass is 35.5. The van der Waals surface area contributed by atoms with Crippen LogP contribution in [0, 0.1) is 0 Å². The molecule has 18 heavy (non-hydrogen) atoms. The Labute approximate surface area is 112 Å². The van der Waals surface area contributed by atoms with Crippen LogP contribution in [0.4, 0.5) is 5.69 Å². The summed E-state index contributed by atoms with van der Waals surface area (Å²) in [4.78, 5) is 13.5. The molecule has 0 radical (unpaired) electrons. The molecular weight excluding hydrogens is 252 g/mol. The number of nitrogens with zero attached hydrogens (tertiary/aromatic N) is 1. The largest absolute Gasteiger partial charge is 0.478 e. The van der Waals surface area contributed by atoms with Gasteiger partial charge in [-0.05, 0) is 44.1 Å². The first-order chi connectivity index (χ1) is 8.66. The fourth-order valence-electron chi connectivity index (χ4n) is 2.20. The van der Waals surface area contributed by atoms with E-state index in [1.807, 2.05) is 0 Å². The predicted octanol–water partition coefficient (Wildman–Crippen LogP) is 2.55. The number of hydrogen-bond donors (Lipinski definition) is 2. The van der Waals surface area contributed by atoms with Gasteiger partial charge in [0.1, 0.15) is 0 Å². The van der Waals surface area contributed by atoms with Crippen molar-refractivity contribution < 1.29 is 9.90 Å². The molecule has 1 aromatic rings. The Balaban J connectivity index is 1.93. The third-order valence-corrected chi connectivity index (χ3v) is 3.39. The summed E-state index contributed by atoms with van der Waals surface area (Å²) >= 11 is 5.80. The maximum Gasteiger partial charge on any atom is 0.337 e. The topological polar surface area (TPSA) is 52.6 Å². The molecule has 1 aliphatic rings. The number of halogens is 1. The summed E-state index contributed by atoms with van der Waals surface area (Å²) in [6.07, 6.45) is 2.53. The van der Waals surface area contributed by atoms with Crippen molar-refractivity contribution in [3.8, 4) is 0 Å². The van der Waals surface area contributed by atoms with Crippen molar-refractivity contribution in [1.82, 2.24) is 4.90 Å². The Morgan fingerprint density at radius 3 is 2.78 bits per heavy atom. The van der Waals surface area contributed by atoms with Crippen LogP contribution in [0.3, 0.4) is 0 Å². The van der Waals surface area contributed by atoms with Crippen LogP contribution in [0.5, 0.6) is 0 Å². The average molecular weight is 269 g/mol. The normalized spacial score (nSPS) is 15.8. The summed E-state index contributed by atoms with van der Waals surface area (Å²) < 4.78 is 0. The second kappa shape index (κ2) is 6.07. The lowest BCUT2D eigenvalue weighted by Gasteiger charge is -2.16. The van der Waals surface area contributed by atoms with Gasteiger partial charge in [0, 0.05) is 23.8 Å². The molecule has 98 valence electrons. The van der Waals surface area contributed by atoms with Gasteiger partial charge in [0.05, 0.1) is 5.56 Å². The lowest BCUT2D eigenvalue weighted by Crippen LogP contribution is -2.26. The van der Waals surface area contributed by atoms with Gasteiger partial charge in [-0.25, -0.2) is 4.79 Å². The number of likely N-dealkylation sites (tertiary alicyclic amines) is 1. The van der Waals surface area contributed by atoms with E-state index < -0.39 is 5.97 Å². The van der Waals surface area contributed by atoms with E-state index in [0.29, 0.717) is 10.7 Å². The molecule has 0 aromatic heterocycles. The quantitative estimate of drug-likeness (QED) is 0.862. The zero-order chi connectivity index (χ0) is 13.0. The summed E-state index contributed by atoms with van der Waals surface area (Å²) in [5, 5.41) is 12.7. The van der Waals surface area contributed by atoms with Gasteiger partial charge in [0.2, 0.25) is 0 Å². The van der Waals surface area contributed by atoms with Gasteiger partial charge in [0.15, 0.2) is 0 Å². The maximum absolute atomic E-state index is 11.1. The molecule has 0 saturated carbocycles. The molecule has 2 rings (SSSR count). The summed E-state index contributed by atoms with van der Waals surface area (Å²) in [6, 6.07) is 4.89. The van der Waals surface area contributed by atoms with E-state index in [4.69, 9.17) is 16.7 Å². The van der Waals surface area contributed by atoms with Crippen LogP contribution in [0.1, 0.15) is 23.2 Å². The number of carboxylic acid groups (broad SMARTS) is 1. The van der Waals surface area contributed by atoms with Crippen molar-refractivity contribution in [2.75, 3.05) is 31.5 Å². The first-order valence-corrected chi connectivity index (χ1v) is 6.53. The molecule has 1 saturated heterocycles. The molecule has 0 spiro atoms. The zero-order valence-electron chi connectivity index (χ0n) is 10.2. The van der Waals surface area contributed by atoms with Crippen molar-refractivity contribution in [1.29, 1.82) is 0 Å². The smallest absolute Gasteiger partial charge is 0.337 e. The Morgan fingerprint density at radius 1 is 1.39 bits per heavy atom.